The zero-order valence-electron chi connectivity index (χ0n) is 20.0. The first-order valence-corrected chi connectivity index (χ1v) is 11.8. The fraction of sp³-hybridized carbons (Fsp3) is 0.407. The summed E-state index contributed by atoms with van der Waals surface area (Å²) in [7, 11) is 0. The maximum absolute atomic E-state index is 13.3. The van der Waals surface area contributed by atoms with Gasteiger partial charge in [-0.15, -0.1) is 0 Å². The van der Waals surface area contributed by atoms with Crippen molar-refractivity contribution in [1.82, 2.24) is 4.90 Å². The molecule has 1 N–H and O–H groups in total. The molecule has 0 spiro atoms. The molecule has 2 amide bonds. The maximum atomic E-state index is 13.3. The third-order valence-electron chi connectivity index (χ3n) is 5.39. The number of nitrogens with one attached hydrogen (secondary N) is 1. The summed E-state index contributed by atoms with van der Waals surface area (Å²) in [5.74, 6) is 0.134. The Kier molecular flexibility index (Phi) is 8.66. The normalized spacial score (nSPS) is 13.9. The molecule has 0 aliphatic carbocycles. The Balaban J connectivity index is 1.87. The highest BCUT2D eigenvalue weighted by Gasteiger charge is 2.38. The van der Waals surface area contributed by atoms with Crippen LogP contribution in [-0.4, -0.2) is 42.6 Å². The van der Waals surface area contributed by atoms with Crippen LogP contribution in [0.25, 0.3) is 5.57 Å². The van der Waals surface area contributed by atoms with Crippen LogP contribution in [0.4, 0.5) is 5.69 Å². The molecule has 0 unspecified atom stereocenters. The smallest absolute Gasteiger partial charge is 0.278 e. The van der Waals surface area contributed by atoms with Crippen molar-refractivity contribution in [2.75, 3.05) is 25.1 Å². The van der Waals surface area contributed by atoms with Gasteiger partial charge in [0.2, 0.25) is 0 Å². The lowest BCUT2D eigenvalue weighted by Crippen LogP contribution is -2.34. The number of rotatable bonds is 12. The van der Waals surface area contributed by atoms with Gasteiger partial charge in [-0.2, -0.15) is 0 Å². The van der Waals surface area contributed by atoms with Gasteiger partial charge >= 0.3 is 0 Å². The maximum Gasteiger partial charge on any atom is 0.278 e. The summed E-state index contributed by atoms with van der Waals surface area (Å²) in [6, 6.07) is 15.2. The van der Waals surface area contributed by atoms with Gasteiger partial charge in [0.1, 0.15) is 11.4 Å². The van der Waals surface area contributed by atoms with Crippen molar-refractivity contribution in [3.63, 3.8) is 0 Å². The van der Waals surface area contributed by atoms with E-state index >= 15 is 0 Å². The molecule has 0 radical (unpaired) electrons. The zero-order chi connectivity index (χ0) is 23.8. The molecule has 1 aliphatic heterocycles. The average molecular weight is 451 g/mol. The second kappa shape index (κ2) is 11.7. The van der Waals surface area contributed by atoms with E-state index in [1.807, 2.05) is 69.3 Å². The van der Waals surface area contributed by atoms with E-state index in [1.165, 1.54) is 10.5 Å². The molecule has 2 aromatic carbocycles. The highest BCUT2D eigenvalue weighted by Crippen LogP contribution is 2.31. The standard InChI is InChI=1S/C27H34N2O4/c1-5-17-33-23-14-10-21(11-15-23)24-25(28-22-12-8-20(6-2)9-13-22)27(31)29(26(24)30)16-7-18-32-19(3)4/h8-15,19,28H,5-7,16-18H2,1-4H3. The number of nitrogens with zero attached hydrogens (tertiary/aromatic N) is 1. The highest BCUT2D eigenvalue weighted by molar-refractivity contribution is 6.36. The number of amides is 2. The molecule has 6 nitrogen and oxygen atoms in total. The van der Waals surface area contributed by atoms with Crippen molar-refractivity contribution in [2.45, 2.75) is 53.1 Å². The Morgan fingerprint density at radius 3 is 2.21 bits per heavy atom. The monoisotopic (exact) mass is 450 g/mol. The molecular formula is C27H34N2O4. The lowest BCUT2D eigenvalue weighted by molar-refractivity contribution is -0.137. The molecule has 1 aliphatic rings. The zero-order valence-corrected chi connectivity index (χ0v) is 20.0. The SMILES string of the molecule is CCCOc1ccc(C2=C(Nc3ccc(CC)cc3)C(=O)N(CCCOC(C)C)C2=O)cc1. The topological polar surface area (TPSA) is 67.9 Å². The van der Waals surface area contributed by atoms with E-state index < -0.39 is 0 Å². The van der Waals surface area contributed by atoms with E-state index in [2.05, 4.69) is 12.2 Å². The third kappa shape index (κ3) is 6.23. The predicted octanol–water partition coefficient (Wildman–Crippen LogP) is 5.04. The number of benzene rings is 2. The molecule has 2 aromatic rings. The summed E-state index contributed by atoms with van der Waals surface area (Å²) in [4.78, 5) is 27.9. The minimum Gasteiger partial charge on any atom is -0.494 e. The minimum atomic E-state index is -0.314. The molecule has 3 rings (SSSR count). The van der Waals surface area contributed by atoms with Crippen molar-refractivity contribution in [3.8, 4) is 5.75 Å². The molecular weight excluding hydrogens is 416 g/mol. The largest absolute Gasteiger partial charge is 0.494 e. The fourth-order valence-corrected chi connectivity index (χ4v) is 3.61. The molecule has 0 saturated carbocycles. The van der Waals surface area contributed by atoms with Crippen LogP contribution in [0, 0.1) is 0 Å². The summed E-state index contributed by atoms with van der Waals surface area (Å²) in [5, 5.41) is 3.21. The lowest BCUT2D eigenvalue weighted by Gasteiger charge is -2.16. The first-order valence-electron chi connectivity index (χ1n) is 11.8. The van der Waals surface area contributed by atoms with Gasteiger partial charge in [0, 0.05) is 18.8 Å². The number of hydrogen-bond donors (Lipinski definition) is 1. The van der Waals surface area contributed by atoms with Crippen molar-refractivity contribution in [2.24, 2.45) is 0 Å². The molecule has 0 atom stereocenters. The van der Waals surface area contributed by atoms with Crippen molar-refractivity contribution >= 4 is 23.1 Å². The second-order valence-corrected chi connectivity index (χ2v) is 8.33. The Bertz CT molecular complexity index is 978. The van der Waals surface area contributed by atoms with E-state index in [4.69, 9.17) is 9.47 Å². The van der Waals surface area contributed by atoms with Crippen molar-refractivity contribution in [1.29, 1.82) is 0 Å². The van der Waals surface area contributed by atoms with Crippen molar-refractivity contribution < 1.29 is 19.1 Å². The van der Waals surface area contributed by atoms with E-state index in [-0.39, 0.29) is 17.9 Å². The Morgan fingerprint density at radius 2 is 1.61 bits per heavy atom. The summed E-state index contributed by atoms with van der Waals surface area (Å²) in [5.41, 5.74) is 3.35. The predicted molar refractivity (Wildman–Crippen MR) is 131 cm³/mol. The van der Waals surface area contributed by atoms with Crippen LogP contribution < -0.4 is 10.1 Å². The van der Waals surface area contributed by atoms with Crippen LogP contribution in [0.3, 0.4) is 0 Å². The molecule has 176 valence electrons. The van der Waals surface area contributed by atoms with E-state index in [0.29, 0.717) is 43.0 Å². The fourth-order valence-electron chi connectivity index (χ4n) is 3.61. The number of aryl methyl sites for hydroxylation is 1. The van der Waals surface area contributed by atoms with Crippen LogP contribution in [0.5, 0.6) is 5.75 Å². The van der Waals surface area contributed by atoms with Gasteiger partial charge in [-0.3, -0.25) is 14.5 Å². The van der Waals surface area contributed by atoms with E-state index in [9.17, 15) is 9.59 Å². The summed E-state index contributed by atoms with van der Waals surface area (Å²) < 4.78 is 11.2. The highest BCUT2D eigenvalue weighted by atomic mass is 16.5. The quantitative estimate of drug-likeness (QED) is 0.362. The van der Waals surface area contributed by atoms with Gasteiger partial charge in [-0.25, -0.2) is 0 Å². The Morgan fingerprint density at radius 1 is 0.909 bits per heavy atom. The van der Waals surface area contributed by atoms with Gasteiger partial charge in [-0.05, 0) is 68.5 Å². The van der Waals surface area contributed by atoms with Gasteiger partial charge in [0.25, 0.3) is 11.8 Å². The first-order chi connectivity index (χ1) is 15.9. The third-order valence-corrected chi connectivity index (χ3v) is 5.39. The van der Waals surface area contributed by atoms with Gasteiger partial charge in [0.05, 0.1) is 18.3 Å². The lowest BCUT2D eigenvalue weighted by atomic mass is 10.0. The summed E-state index contributed by atoms with van der Waals surface area (Å²) >= 11 is 0. The molecule has 0 fully saturated rings. The van der Waals surface area contributed by atoms with Crippen LogP contribution >= 0.6 is 0 Å². The van der Waals surface area contributed by atoms with E-state index in [0.717, 1.165) is 24.3 Å². The van der Waals surface area contributed by atoms with Crippen LogP contribution in [0.1, 0.15) is 51.7 Å². The van der Waals surface area contributed by atoms with Gasteiger partial charge in [0.15, 0.2) is 0 Å². The van der Waals surface area contributed by atoms with Crippen LogP contribution in [0.15, 0.2) is 54.2 Å². The molecule has 33 heavy (non-hydrogen) atoms. The molecule has 0 saturated heterocycles. The molecule has 6 heteroatoms. The molecule has 0 bridgehead atoms. The molecule has 0 aromatic heterocycles. The van der Waals surface area contributed by atoms with Crippen LogP contribution in [0.2, 0.25) is 0 Å². The second-order valence-electron chi connectivity index (χ2n) is 8.33. The van der Waals surface area contributed by atoms with Crippen LogP contribution in [-0.2, 0) is 20.7 Å². The van der Waals surface area contributed by atoms with Gasteiger partial charge in [-0.1, -0.05) is 38.1 Å². The average Bonchev–Trinajstić information content (AvgIpc) is 3.05. The minimum absolute atomic E-state index is 0.112. The molecule has 1 heterocycles. The number of anilines is 1. The number of hydrogen-bond acceptors (Lipinski definition) is 5. The summed E-state index contributed by atoms with van der Waals surface area (Å²) in [6.45, 7) is 9.51. The number of carbonyl (C=O) groups excluding carboxylic acids is 2. The Labute approximate surface area is 196 Å². The van der Waals surface area contributed by atoms with Crippen molar-refractivity contribution in [3.05, 3.63) is 65.4 Å². The number of carbonyl (C=O) groups is 2. The van der Waals surface area contributed by atoms with E-state index in [1.54, 1.807) is 0 Å². The Hall–Kier alpha value is -3.12. The summed E-state index contributed by atoms with van der Waals surface area (Å²) in [6.07, 6.45) is 2.55. The number of imide groups is 1. The number of ether oxygens (including phenoxy) is 2. The first kappa shape index (κ1) is 24.5. The van der Waals surface area contributed by atoms with Gasteiger partial charge < -0.3 is 14.8 Å².